The van der Waals surface area contributed by atoms with E-state index < -0.39 is 34.7 Å². The molecule has 6 N–H and O–H groups in total. The molecule has 1 amide bonds. The molecule has 0 aromatic heterocycles. The minimum atomic E-state index is -4.55. The second-order valence-corrected chi connectivity index (χ2v) is 4.89. The Labute approximate surface area is 126 Å². The minimum Gasteiger partial charge on any atom is -0.382 e. The summed E-state index contributed by atoms with van der Waals surface area (Å²) in [4.78, 5) is 10.8. The van der Waals surface area contributed by atoms with Gasteiger partial charge in [0, 0.05) is 10.5 Å². The number of carbonyl (C=O) groups excluding carboxylic acids is 1. The van der Waals surface area contributed by atoms with Gasteiger partial charge in [-0.15, -0.1) is 0 Å². The fourth-order valence-corrected chi connectivity index (χ4v) is 1.90. The first kappa shape index (κ1) is 17.3. The van der Waals surface area contributed by atoms with Crippen molar-refractivity contribution >= 4 is 34.9 Å². The molecule has 0 fully saturated rings. The van der Waals surface area contributed by atoms with Gasteiger partial charge >= 0.3 is 5.51 Å². The smallest absolute Gasteiger partial charge is 0.382 e. The van der Waals surface area contributed by atoms with Crippen molar-refractivity contribution in [1.82, 2.24) is 0 Å². The van der Waals surface area contributed by atoms with Crippen LogP contribution in [-0.2, 0) is 0 Å². The molecule has 1 aromatic rings. The molecule has 0 saturated heterocycles. The van der Waals surface area contributed by atoms with Crippen LogP contribution in [0, 0.1) is 16.7 Å². The van der Waals surface area contributed by atoms with Gasteiger partial charge in [-0.25, -0.2) is 0 Å². The number of amides is 1. The lowest BCUT2D eigenvalue weighted by Crippen LogP contribution is -2.22. The second kappa shape index (κ2) is 6.81. The predicted octanol–water partition coefficient (Wildman–Crippen LogP) is 1.62. The molecule has 7 nitrogen and oxygen atoms in total. The summed E-state index contributed by atoms with van der Waals surface area (Å²) in [5.41, 5.74) is 7.17. The number of nitriles is 1. The summed E-state index contributed by atoms with van der Waals surface area (Å²) >= 11 is -0.435. The van der Waals surface area contributed by atoms with Crippen molar-refractivity contribution in [3.63, 3.8) is 0 Å². The zero-order chi connectivity index (χ0) is 16.9. The van der Waals surface area contributed by atoms with Crippen molar-refractivity contribution in [1.29, 1.82) is 10.7 Å². The van der Waals surface area contributed by atoms with Crippen LogP contribution in [0.15, 0.2) is 28.2 Å². The number of amidine groups is 1. The Bertz CT molecular complexity index is 679. The summed E-state index contributed by atoms with van der Waals surface area (Å²) in [6.45, 7) is 0. The monoisotopic (exact) mass is 330 g/mol. The van der Waals surface area contributed by atoms with Gasteiger partial charge in [0.25, 0.3) is 0 Å². The molecule has 1 aromatic carbocycles. The van der Waals surface area contributed by atoms with Gasteiger partial charge < -0.3 is 11.5 Å². The summed E-state index contributed by atoms with van der Waals surface area (Å²) in [5, 5.41) is 19.2. The third-order valence-corrected chi connectivity index (χ3v) is 2.79. The highest BCUT2D eigenvalue weighted by Crippen LogP contribution is 2.38. The Morgan fingerprint density at radius 3 is 2.45 bits per heavy atom. The van der Waals surface area contributed by atoms with Crippen LogP contribution in [0.3, 0.4) is 0 Å². The molecule has 0 aliphatic carbocycles. The summed E-state index contributed by atoms with van der Waals surface area (Å²) in [6.07, 6.45) is 0. The molecule has 0 heterocycles. The van der Waals surface area contributed by atoms with E-state index in [1.807, 2.05) is 0 Å². The van der Waals surface area contributed by atoms with Crippen LogP contribution in [0.1, 0.15) is 10.4 Å². The van der Waals surface area contributed by atoms with Gasteiger partial charge in [-0.2, -0.15) is 23.5 Å². The van der Waals surface area contributed by atoms with E-state index in [2.05, 4.69) is 10.5 Å². The van der Waals surface area contributed by atoms with E-state index in [0.717, 1.165) is 18.2 Å². The fourth-order valence-electron chi connectivity index (χ4n) is 1.26. The minimum absolute atomic E-state index is 0.0166. The van der Waals surface area contributed by atoms with Gasteiger partial charge in [0.1, 0.15) is 6.07 Å². The lowest BCUT2D eigenvalue weighted by atomic mass is 10.2. The zero-order valence-electron chi connectivity index (χ0n) is 10.7. The van der Waals surface area contributed by atoms with E-state index in [1.165, 1.54) is 6.07 Å². The number of hydrogen-bond acceptors (Lipinski definition) is 6. The summed E-state index contributed by atoms with van der Waals surface area (Å²) in [5.74, 6) is -1.55. The molecule has 0 atom stereocenters. The normalized spacial score (nSPS) is 11.6. The number of rotatable bonds is 5. The number of nitrogens with one attached hydrogen (secondary N) is 2. The highest BCUT2D eigenvalue weighted by atomic mass is 32.2. The molecule has 0 saturated carbocycles. The average Bonchev–Trinajstić information content (AvgIpc) is 2.36. The van der Waals surface area contributed by atoms with Crippen molar-refractivity contribution in [2.24, 2.45) is 16.6 Å². The average molecular weight is 330 g/mol. The molecule has 0 aliphatic rings. The van der Waals surface area contributed by atoms with E-state index in [-0.39, 0.29) is 16.1 Å². The maximum atomic E-state index is 12.4. The largest absolute Gasteiger partial charge is 0.446 e. The number of primary amides is 1. The summed E-state index contributed by atoms with van der Waals surface area (Å²) in [7, 11) is 0. The number of nitrogens with two attached hydrogens (primary N) is 2. The first-order chi connectivity index (χ1) is 10.1. The van der Waals surface area contributed by atoms with Crippen LogP contribution in [-0.4, -0.2) is 23.0 Å². The van der Waals surface area contributed by atoms with Crippen LogP contribution in [0.4, 0.5) is 18.9 Å². The molecule has 1 rings (SSSR count). The number of benzene rings is 1. The Morgan fingerprint density at radius 2 is 2.00 bits per heavy atom. The number of hydrogen-bond donors (Lipinski definition) is 4. The lowest BCUT2D eigenvalue weighted by Gasteiger charge is -2.09. The lowest BCUT2D eigenvalue weighted by molar-refractivity contribution is -0.0328. The van der Waals surface area contributed by atoms with Crippen molar-refractivity contribution < 1.29 is 18.0 Å². The van der Waals surface area contributed by atoms with Crippen molar-refractivity contribution in [2.45, 2.75) is 10.4 Å². The number of alkyl halides is 3. The van der Waals surface area contributed by atoms with Crippen molar-refractivity contribution in [3.05, 3.63) is 23.8 Å². The van der Waals surface area contributed by atoms with E-state index >= 15 is 0 Å². The van der Waals surface area contributed by atoms with Crippen LogP contribution in [0.2, 0.25) is 0 Å². The number of thioether (sulfide) groups is 1. The highest BCUT2D eigenvalue weighted by Gasteiger charge is 2.29. The number of anilines is 1. The molecule has 11 heteroatoms. The third kappa shape index (κ3) is 5.33. The molecule has 22 heavy (non-hydrogen) atoms. The fraction of sp³-hybridized carbons (Fsp3) is 0.0909. The topological polar surface area (TPSA) is 141 Å². The Kier molecular flexibility index (Phi) is 5.36. The third-order valence-electron chi connectivity index (χ3n) is 2.08. The quantitative estimate of drug-likeness (QED) is 0.281. The van der Waals surface area contributed by atoms with Gasteiger partial charge in [0.15, 0.2) is 5.84 Å². The Hall–Kier alpha value is -2.74. The first-order valence-corrected chi connectivity index (χ1v) is 6.23. The van der Waals surface area contributed by atoms with Crippen LogP contribution in [0.5, 0.6) is 0 Å². The molecule has 116 valence electrons. The maximum absolute atomic E-state index is 12.4. The number of hydrazone groups is 1. The van der Waals surface area contributed by atoms with Crippen LogP contribution < -0.4 is 16.9 Å². The zero-order valence-corrected chi connectivity index (χ0v) is 11.5. The van der Waals surface area contributed by atoms with Crippen LogP contribution >= 0.6 is 11.8 Å². The van der Waals surface area contributed by atoms with E-state index in [1.54, 1.807) is 0 Å². The van der Waals surface area contributed by atoms with Gasteiger partial charge in [-0.3, -0.25) is 15.6 Å². The van der Waals surface area contributed by atoms with Gasteiger partial charge in [0.05, 0.1) is 5.69 Å². The number of halogens is 3. The predicted molar refractivity (Wildman–Crippen MR) is 75.5 cm³/mol. The summed E-state index contributed by atoms with van der Waals surface area (Å²) in [6, 6.07) is 4.71. The van der Waals surface area contributed by atoms with Gasteiger partial charge in [-0.05, 0) is 30.0 Å². The van der Waals surface area contributed by atoms with Gasteiger partial charge in [0.2, 0.25) is 11.6 Å². The first-order valence-electron chi connectivity index (χ1n) is 5.41. The maximum Gasteiger partial charge on any atom is 0.446 e. The molecular weight excluding hydrogens is 321 g/mol. The van der Waals surface area contributed by atoms with Crippen molar-refractivity contribution in [2.75, 3.05) is 5.43 Å². The Balaban J connectivity index is 3.16. The second-order valence-electron chi connectivity index (χ2n) is 3.76. The molecule has 0 radical (unpaired) electrons. The van der Waals surface area contributed by atoms with Gasteiger partial charge in [-0.1, -0.05) is 0 Å². The number of nitrogens with zero attached hydrogens (tertiary/aromatic N) is 2. The molecular formula is C11H9F3N6OS. The summed E-state index contributed by atoms with van der Waals surface area (Å²) < 4.78 is 37.2. The molecule has 0 bridgehead atoms. The van der Waals surface area contributed by atoms with E-state index in [0.29, 0.717) is 0 Å². The molecule has 0 unspecified atom stereocenters. The number of carbonyl (C=O) groups is 1. The Morgan fingerprint density at radius 1 is 1.36 bits per heavy atom. The SMILES string of the molecule is N#C/C(=N\Nc1cc(SC(F)(F)F)cc(C(N)=O)c1)C(=N)N. The van der Waals surface area contributed by atoms with E-state index in [4.69, 9.17) is 22.1 Å². The van der Waals surface area contributed by atoms with Crippen LogP contribution in [0.25, 0.3) is 0 Å². The molecule has 0 spiro atoms. The van der Waals surface area contributed by atoms with E-state index in [9.17, 15) is 18.0 Å². The molecule has 0 aliphatic heterocycles. The van der Waals surface area contributed by atoms with Crippen molar-refractivity contribution in [3.8, 4) is 6.07 Å². The highest BCUT2D eigenvalue weighted by molar-refractivity contribution is 8.00. The standard InChI is InChI=1S/C11H9F3N6OS/c12-11(13,14)22-7-2-5(10(18)21)1-6(3-7)19-20-8(4-15)9(16)17/h1-3,19H,(H3,16,17)(H2,18,21)/b20-8+.